The molecule has 2 fully saturated rings. The van der Waals surface area contributed by atoms with Crippen molar-refractivity contribution >= 4 is 79.4 Å². The highest BCUT2D eigenvalue weighted by Gasteiger charge is 2.44. The van der Waals surface area contributed by atoms with E-state index in [1.807, 2.05) is 6.07 Å². The lowest BCUT2D eigenvalue weighted by atomic mass is 9.92. The zero-order valence-electron chi connectivity index (χ0n) is 17.3. The smallest absolute Gasteiger partial charge is 0.410 e. The first-order valence-electron chi connectivity index (χ1n) is 9.56. The lowest BCUT2D eigenvalue weighted by Gasteiger charge is -2.37. The first kappa shape index (κ1) is 25.5. The van der Waals surface area contributed by atoms with Gasteiger partial charge in [-0.2, -0.15) is 5.26 Å². The molecule has 0 radical (unpaired) electrons. The molecule has 2 aliphatic heterocycles. The van der Waals surface area contributed by atoms with Crippen molar-refractivity contribution < 1.29 is 23.1 Å². The second-order valence-electron chi connectivity index (χ2n) is 8.40. The number of carbonyl (C=O) groups excluding carboxylic acids is 2. The van der Waals surface area contributed by atoms with Crippen LogP contribution in [0.1, 0.15) is 46.5 Å². The fourth-order valence-electron chi connectivity index (χ4n) is 3.97. The van der Waals surface area contributed by atoms with Gasteiger partial charge in [-0.25, -0.2) is 9.10 Å². The molecular formula is C19H19BrCl2N3O5S2-. The maximum absolute atomic E-state index is 13.2. The molecule has 3 heterocycles. The number of anilines is 1. The topological polar surface area (TPSA) is 114 Å². The van der Waals surface area contributed by atoms with Crippen LogP contribution in [-0.4, -0.2) is 43.3 Å². The molecule has 0 N–H and O–H groups in total. The number of rotatable bonds is 3. The summed E-state index contributed by atoms with van der Waals surface area (Å²) in [5, 5.41) is 9.76. The summed E-state index contributed by atoms with van der Waals surface area (Å²) < 4.78 is 30.2. The molecule has 3 rings (SSSR count). The third-order valence-corrected chi connectivity index (χ3v) is 8.65. The normalized spacial score (nSPS) is 21.2. The molecule has 2 bridgehead atoms. The average Bonchev–Trinajstić information content (AvgIpc) is 3.07. The summed E-state index contributed by atoms with van der Waals surface area (Å²) in [4.78, 5) is 27.5. The molecule has 0 aliphatic carbocycles. The maximum Gasteiger partial charge on any atom is 0.410 e. The number of amides is 2. The number of hydrogen-bond donors (Lipinski definition) is 0. The Morgan fingerprint density at radius 3 is 2.25 bits per heavy atom. The van der Waals surface area contributed by atoms with Crippen LogP contribution in [0.2, 0.25) is 8.67 Å². The number of fused-ring (bicyclic) bond motifs is 2. The van der Waals surface area contributed by atoms with Gasteiger partial charge in [0.1, 0.15) is 31.6 Å². The molecule has 3 atom stereocenters. The zero-order chi connectivity index (χ0) is 24.0. The van der Waals surface area contributed by atoms with E-state index in [4.69, 9.17) is 27.9 Å². The molecular weight excluding hydrogens is 565 g/mol. The Hall–Kier alpha value is -1.16. The van der Waals surface area contributed by atoms with Crippen molar-refractivity contribution in [2.75, 3.05) is 4.31 Å². The minimum absolute atomic E-state index is 0.0125. The number of carbonyl (C=O) groups is 2. The summed E-state index contributed by atoms with van der Waals surface area (Å²) in [5.74, 6) is -1.02. The summed E-state index contributed by atoms with van der Waals surface area (Å²) in [5.41, 5.74) is -0.551. The first-order valence-corrected chi connectivity index (χ1v) is 13.0. The van der Waals surface area contributed by atoms with Crippen LogP contribution in [0.3, 0.4) is 0 Å². The molecule has 174 valence electrons. The van der Waals surface area contributed by atoms with Gasteiger partial charge in [-0.1, -0.05) is 23.2 Å². The summed E-state index contributed by atoms with van der Waals surface area (Å²) in [6.07, 6.45) is 1.54. The fourth-order valence-corrected chi connectivity index (χ4v) is 7.11. The van der Waals surface area contributed by atoms with E-state index in [0.29, 0.717) is 22.7 Å². The lowest BCUT2D eigenvalue weighted by molar-refractivity contribution is -0.113. The molecule has 0 aromatic carbocycles. The van der Waals surface area contributed by atoms with Crippen LogP contribution < -0.4 is 4.31 Å². The van der Waals surface area contributed by atoms with Crippen molar-refractivity contribution in [3.63, 3.8) is 0 Å². The van der Waals surface area contributed by atoms with Crippen LogP contribution in [0, 0.1) is 11.3 Å². The Balaban J connectivity index is 1.93. The maximum atomic E-state index is 13.2. The standard InChI is InChI=1S/C19H20BrCl2N3O5S2/c1-19(2,3)30-18(27)24-10-4-5-11(24)7-9(6-10)12(8-23)17(26)25(32(28)29)14-13(20)15(21)31-16(14)22/h10-11H,4-7H2,1-3H3,(H,28,29)/p-1. The number of hydrogen-bond acceptors (Lipinski definition) is 7. The van der Waals surface area contributed by atoms with E-state index < -0.39 is 28.9 Å². The molecule has 32 heavy (non-hydrogen) atoms. The minimum Gasteiger partial charge on any atom is -0.755 e. The zero-order valence-corrected chi connectivity index (χ0v) is 22.0. The van der Waals surface area contributed by atoms with Gasteiger partial charge in [0.15, 0.2) is 0 Å². The quantitative estimate of drug-likeness (QED) is 0.270. The van der Waals surface area contributed by atoms with Crippen LogP contribution in [0.25, 0.3) is 0 Å². The van der Waals surface area contributed by atoms with Crippen LogP contribution in [0.15, 0.2) is 15.6 Å². The summed E-state index contributed by atoms with van der Waals surface area (Å²) in [7, 11) is 0. The van der Waals surface area contributed by atoms with E-state index in [0.717, 1.165) is 11.3 Å². The minimum atomic E-state index is -3.05. The van der Waals surface area contributed by atoms with Crippen LogP contribution in [-0.2, 0) is 20.8 Å². The Labute approximate surface area is 210 Å². The van der Waals surface area contributed by atoms with Gasteiger partial charge in [0.05, 0.1) is 15.7 Å². The van der Waals surface area contributed by atoms with E-state index in [-0.39, 0.29) is 49.3 Å². The molecule has 2 saturated heterocycles. The van der Waals surface area contributed by atoms with E-state index in [2.05, 4.69) is 15.9 Å². The Kier molecular flexibility index (Phi) is 7.64. The number of piperidine rings is 1. The van der Waals surface area contributed by atoms with Crippen molar-refractivity contribution in [1.29, 1.82) is 5.26 Å². The average molecular weight is 584 g/mol. The van der Waals surface area contributed by atoms with Gasteiger partial charge in [-0.3, -0.25) is 9.00 Å². The van der Waals surface area contributed by atoms with Crippen molar-refractivity contribution in [2.24, 2.45) is 0 Å². The summed E-state index contributed by atoms with van der Waals surface area (Å²) in [6.45, 7) is 5.35. The second kappa shape index (κ2) is 9.60. The van der Waals surface area contributed by atoms with Crippen molar-refractivity contribution in [1.82, 2.24) is 4.90 Å². The molecule has 1 aromatic heterocycles. The number of halogens is 3. The van der Waals surface area contributed by atoms with Crippen LogP contribution in [0.4, 0.5) is 10.5 Å². The predicted octanol–water partition coefficient (Wildman–Crippen LogP) is 5.33. The number of nitriles is 1. The van der Waals surface area contributed by atoms with Gasteiger partial charge in [0.25, 0.3) is 5.91 Å². The summed E-state index contributed by atoms with van der Waals surface area (Å²) in [6, 6.07) is 1.41. The van der Waals surface area contributed by atoms with Gasteiger partial charge < -0.3 is 14.2 Å². The highest BCUT2D eigenvalue weighted by atomic mass is 79.9. The molecule has 2 amide bonds. The molecule has 2 aliphatic rings. The highest BCUT2D eigenvalue weighted by Crippen LogP contribution is 2.47. The summed E-state index contributed by atoms with van der Waals surface area (Å²) >= 11 is 13.1. The lowest BCUT2D eigenvalue weighted by Crippen LogP contribution is -2.47. The van der Waals surface area contributed by atoms with E-state index in [9.17, 15) is 23.6 Å². The van der Waals surface area contributed by atoms with Crippen molar-refractivity contribution in [3.05, 3.63) is 24.3 Å². The molecule has 3 unspecified atom stereocenters. The number of ether oxygens (including phenoxy) is 1. The SMILES string of the molecule is CC(C)(C)OC(=O)N1C2CCC1CC(=C(C#N)C(=O)N(c1c(Cl)sc(Cl)c1Br)S(=O)[O-])C2. The first-order chi connectivity index (χ1) is 14.9. The van der Waals surface area contributed by atoms with Gasteiger partial charge in [0, 0.05) is 12.1 Å². The van der Waals surface area contributed by atoms with Gasteiger partial charge >= 0.3 is 6.09 Å². The fraction of sp³-hybridized carbons (Fsp3) is 0.526. The van der Waals surface area contributed by atoms with Crippen molar-refractivity contribution in [3.8, 4) is 6.07 Å². The Morgan fingerprint density at radius 2 is 1.84 bits per heavy atom. The largest absolute Gasteiger partial charge is 0.755 e. The number of thiophene rings is 1. The molecule has 8 nitrogen and oxygen atoms in total. The number of nitrogens with zero attached hydrogens (tertiary/aromatic N) is 3. The van der Waals surface area contributed by atoms with E-state index >= 15 is 0 Å². The third-order valence-electron chi connectivity index (χ3n) is 5.15. The van der Waals surface area contributed by atoms with Crippen LogP contribution >= 0.6 is 50.5 Å². The Morgan fingerprint density at radius 1 is 1.28 bits per heavy atom. The van der Waals surface area contributed by atoms with Crippen molar-refractivity contribution in [2.45, 2.75) is 64.1 Å². The Bertz CT molecular complexity index is 1050. The third kappa shape index (κ3) is 5.00. The highest BCUT2D eigenvalue weighted by molar-refractivity contribution is 9.10. The van der Waals surface area contributed by atoms with E-state index in [1.165, 1.54) is 0 Å². The van der Waals surface area contributed by atoms with E-state index in [1.54, 1.807) is 25.7 Å². The molecule has 0 saturated carbocycles. The molecule has 1 aromatic rings. The molecule has 13 heteroatoms. The van der Waals surface area contributed by atoms with Crippen LogP contribution in [0.5, 0.6) is 0 Å². The molecule has 0 spiro atoms. The monoisotopic (exact) mass is 582 g/mol. The second-order valence-corrected chi connectivity index (χ2v) is 12.2. The van der Waals surface area contributed by atoms with Gasteiger partial charge in [-0.05, 0) is 68.0 Å². The van der Waals surface area contributed by atoms with Gasteiger partial charge in [-0.15, -0.1) is 11.3 Å². The van der Waals surface area contributed by atoms with Gasteiger partial charge in [0.2, 0.25) is 0 Å². The predicted molar refractivity (Wildman–Crippen MR) is 125 cm³/mol.